The van der Waals surface area contributed by atoms with Crippen molar-refractivity contribution in [3.63, 3.8) is 0 Å². The Labute approximate surface area is 45.8 Å². The molecule has 1 nitrogen and oxygen atoms in total. The van der Waals surface area contributed by atoms with Crippen molar-refractivity contribution in [1.82, 2.24) is 0 Å². The SMILES string of the molecule is C/C(Br)=C/CO. The van der Waals surface area contributed by atoms with Gasteiger partial charge in [-0.3, -0.25) is 0 Å². The van der Waals surface area contributed by atoms with Gasteiger partial charge in [-0.05, 0) is 17.5 Å². The fraction of sp³-hybridized carbons (Fsp3) is 0.500. The average molecular weight is 151 g/mol. The van der Waals surface area contributed by atoms with Gasteiger partial charge in [0.05, 0.1) is 6.61 Å². The molecule has 0 saturated carbocycles. The van der Waals surface area contributed by atoms with Crippen molar-refractivity contribution in [2.45, 2.75) is 6.92 Å². The Hall–Kier alpha value is 0.180. The molecule has 1 N–H and O–H groups in total. The Balaban J connectivity index is 3.14. The fourth-order valence-corrected chi connectivity index (χ4v) is 0.271. The van der Waals surface area contributed by atoms with Gasteiger partial charge in [-0.25, -0.2) is 0 Å². The summed E-state index contributed by atoms with van der Waals surface area (Å²) in [6.45, 7) is 1.99. The molecule has 36 valence electrons. The van der Waals surface area contributed by atoms with Gasteiger partial charge in [0, 0.05) is 0 Å². The van der Waals surface area contributed by atoms with Crippen molar-refractivity contribution in [1.29, 1.82) is 0 Å². The molecule has 0 amide bonds. The van der Waals surface area contributed by atoms with Crippen molar-refractivity contribution < 1.29 is 5.11 Å². The minimum absolute atomic E-state index is 0.122. The lowest BCUT2D eigenvalue weighted by Gasteiger charge is -1.77. The molecule has 0 aliphatic heterocycles. The highest BCUT2D eigenvalue weighted by atomic mass is 79.9. The van der Waals surface area contributed by atoms with Gasteiger partial charge in [0.1, 0.15) is 0 Å². The Morgan fingerprint density at radius 2 is 2.50 bits per heavy atom. The van der Waals surface area contributed by atoms with Crippen LogP contribution in [0.15, 0.2) is 10.6 Å². The maximum Gasteiger partial charge on any atom is 0.0623 e. The maximum atomic E-state index is 8.13. The lowest BCUT2D eigenvalue weighted by atomic mass is 10.6. The van der Waals surface area contributed by atoms with Crippen LogP contribution < -0.4 is 0 Å². The third-order valence-corrected chi connectivity index (χ3v) is 0.696. The Bertz CT molecular complexity index is 54.6. The zero-order chi connectivity index (χ0) is 4.99. The van der Waals surface area contributed by atoms with E-state index in [0.29, 0.717) is 0 Å². The Morgan fingerprint density at radius 1 is 2.00 bits per heavy atom. The smallest absolute Gasteiger partial charge is 0.0623 e. The Kier molecular flexibility index (Phi) is 3.47. The van der Waals surface area contributed by atoms with Gasteiger partial charge in [-0.2, -0.15) is 0 Å². The topological polar surface area (TPSA) is 20.2 Å². The molecule has 0 aliphatic carbocycles. The van der Waals surface area contributed by atoms with Crippen LogP contribution >= 0.6 is 15.9 Å². The van der Waals surface area contributed by atoms with E-state index in [1.54, 1.807) is 6.08 Å². The molecule has 0 aromatic heterocycles. The number of allylic oxidation sites excluding steroid dienone is 1. The van der Waals surface area contributed by atoms with Crippen LogP contribution in [0.4, 0.5) is 0 Å². The summed E-state index contributed by atoms with van der Waals surface area (Å²) in [5.74, 6) is 0. The number of aliphatic hydroxyl groups excluding tert-OH is 1. The van der Waals surface area contributed by atoms with E-state index >= 15 is 0 Å². The highest BCUT2D eigenvalue weighted by Crippen LogP contribution is 1.98. The second-order valence-electron chi connectivity index (χ2n) is 0.973. The van der Waals surface area contributed by atoms with Crippen LogP contribution in [0.5, 0.6) is 0 Å². The van der Waals surface area contributed by atoms with Crippen LogP contribution in [0.1, 0.15) is 6.92 Å². The van der Waals surface area contributed by atoms with Crippen LogP contribution in [0, 0.1) is 0 Å². The van der Waals surface area contributed by atoms with E-state index in [-0.39, 0.29) is 6.61 Å². The molecule has 6 heavy (non-hydrogen) atoms. The third-order valence-electron chi connectivity index (χ3n) is 0.373. The van der Waals surface area contributed by atoms with Gasteiger partial charge in [-0.15, -0.1) is 0 Å². The molecule has 0 atom stereocenters. The first kappa shape index (κ1) is 6.18. The van der Waals surface area contributed by atoms with E-state index in [9.17, 15) is 0 Å². The number of hydrogen-bond acceptors (Lipinski definition) is 1. The molecule has 0 fully saturated rings. The Morgan fingerprint density at radius 3 is 2.50 bits per heavy atom. The summed E-state index contributed by atoms with van der Waals surface area (Å²) >= 11 is 3.14. The molecular weight excluding hydrogens is 144 g/mol. The first-order valence-corrected chi connectivity index (χ1v) is 2.50. The minimum atomic E-state index is 0.122. The molecule has 0 spiro atoms. The maximum absolute atomic E-state index is 8.13. The number of hydrogen-bond donors (Lipinski definition) is 1. The summed E-state index contributed by atoms with van der Waals surface area (Å²) in [7, 11) is 0. The molecule has 2 heteroatoms. The molecule has 0 aromatic rings. The lowest BCUT2D eigenvalue weighted by molar-refractivity contribution is 0.342. The van der Waals surface area contributed by atoms with Gasteiger partial charge in [0.25, 0.3) is 0 Å². The fourth-order valence-electron chi connectivity index (χ4n) is 0.126. The van der Waals surface area contributed by atoms with Crippen molar-refractivity contribution in [3.05, 3.63) is 10.6 Å². The van der Waals surface area contributed by atoms with Crippen LogP contribution in [0.2, 0.25) is 0 Å². The largest absolute Gasteiger partial charge is 0.392 e. The highest BCUT2D eigenvalue weighted by Gasteiger charge is 1.70. The molecule has 0 aromatic carbocycles. The summed E-state index contributed by atoms with van der Waals surface area (Å²) in [6, 6.07) is 0. The quantitative estimate of drug-likeness (QED) is 0.598. The van der Waals surface area contributed by atoms with Crippen molar-refractivity contribution in [2.24, 2.45) is 0 Å². The van der Waals surface area contributed by atoms with Crippen molar-refractivity contribution in [3.8, 4) is 0 Å². The molecule has 0 bridgehead atoms. The monoisotopic (exact) mass is 150 g/mol. The van der Waals surface area contributed by atoms with E-state index in [0.717, 1.165) is 4.48 Å². The molecule has 0 radical (unpaired) electrons. The third kappa shape index (κ3) is 4.18. The van der Waals surface area contributed by atoms with Crippen molar-refractivity contribution >= 4 is 15.9 Å². The van der Waals surface area contributed by atoms with Crippen LogP contribution in [-0.2, 0) is 0 Å². The summed E-state index contributed by atoms with van der Waals surface area (Å²) in [5, 5.41) is 8.13. The second-order valence-corrected chi connectivity index (χ2v) is 2.22. The molecule has 0 unspecified atom stereocenters. The summed E-state index contributed by atoms with van der Waals surface area (Å²) in [5.41, 5.74) is 0. The van der Waals surface area contributed by atoms with Gasteiger partial charge in [0.15, 0.2) is 0 Å². The van der Waals surface area contributed by atoms with Crippen molar-refractivity contribution in [2.75, 3.05) is 6.61 Å². The first-order chi connectivity index (χ1) is 2.77. The first-order valence-electron chi connectivity index (χ1n) is 1.70. The average Bonchev–Trinajstić information content (AvgIpc) is 1.35. The molecule has 0 aliphatic rings. The normalized spacial score (nSPS) is 12.2. The second kappa shape index (κ2) is 3.37. The van der Waals surface area contributed by atoms with E-state index in [4.69, 9.17) is 5.11 Å². The summed E-state index contributed by atoms with van der Waals surface area (Å²) < 4.78 is 0.977. The van der Waals surface area contributed by atoms with Crippen LogP contribution in [0.3, 0.4) is 0 Å². The number of aliphatic hydroxyl groups is 1. The molecule has 0 heterocycles. The van der Waals surface area contributed by atoms with Gasteiger partial charge >= 0.3 is 0 Å². The number of rotatable bonds is 1. The molecular formula is C4H7BrO. The molecule has 0 saturated heterocycles. The number of halogens is 1. The predicted molar refractivity (Wildman–Crippen MR) is 29.8 cm³/mol. The standard InChI is InChI=1S/C4H7BrO/c1-4(5)2-3-6/h2,6H,3H2,1H3/b4-2-. The van der Waals surface area contributed by atoms with E-state index in [1.807, 2.05) is 6.92 Å². The zero-order valence-corrected chi connectivity index (χ0v) is 5.20. The highest BCUT2D eigenvalue weighted by molar-refractivity contribution is 9.11. The zero-order valence-electron chi connectivity index (χ0n) is 3.61. The van der Waals surface area contributed by atoms with Gasteiger partial charge in [0.2, 0.25) is 0 Å². The summed E-state index contributed by atoms with van der Waals surface area (Å²) in [4.78, 5) is 0. The predicted octanol–water partition coefficient (Wildman–Crippen LogP) is 1.28. The molecule has 0 rings (SSSR count). The van der Waals surface area contributed by atoms with Gasteiger partial charge in [-0.1, -0.05) is 15.9 Å². The van der Waals surface area contributed by atoms with Crippen LogP contribution in [0.25, 0.3) is 0 Å². The van der Waals surface area contributed by atoms with Crippen LogP contribution in [-0.4, -0.2) is 11.7 Å². The van der Waals surface area contributed by atoms with E-state index in [1.165, 1.54) is 0 Å². The van der Waals surface area contributed by atoms with E-state index in [2.05, 4.69) is 15.9 Å². The van der Waals surface area contributed by atoms with E-state index < -0.39 is 0 Å². The summed E-state index contributed by atoms with van der Waals surface area (Å²) in [6.07, 6.45) is 1.68. The lowest BCUT2D eigenvalue weighted by Crippen LogP contribution is -1.69. The van der Waals surface area contributed by atoms with Gasteiger partial charge < -0.3 is 5.11 Å². The minimum Gasteiger partial charge on any atom is -0.392 e.